The lowest BCUT2D eigenvalue weighted by molar-refractivity contribution is -0.118. The summed E-state index contributed by atoms with van der Waals surface area (Å²) in [7, 11) is 3.35. The Morgan fingerprint density at radius 2 is 1.75 bits per heavy atom. The van der Waals surface area contributed by atoms with Crippen LogP contribution in [0.25, 0.3) is 16.9 Å². The lowest BCUT2D eigenvalue weighted by Gasteiger charge is -2.17. The molecule has 0 saturated carbocycles. The lowest BCUT2D eigenvalue weighted by atomic mass is 9.90. The van der Waals surface area contributed by atoms with Crippen LogP contribution in [0.15, 0.2) is 67.0 Å². The number of ether oxygens (including phenoxy) is 2. The van der Waals surface area contributed by atoms with Gasteiger partial charge in [-0.15, -0.1) is 0 Å². The number of ketones is 1. The summed E-state index contributed by atoms with van der Waals surface area (Å²) in [5.41, 5.74) is 4.63. The van der Waals surface area contributed by atoms with Crippen LogP contribution in [0.3, 0.4) is 0 Å². The number of nitrogens with zero attached hydrogens (tertiary/aromatic N) is 3. The molecule has 44 heavy (non-hydrogen) atoms. The number of aryl methyl sites for hydroxylation is 2. The minimum atomic E-state index is -0.304. The van der Waals surface area contributed by atoms with Crippen molar-refractivity contribution in [3.63, 3.8) is 0 Å². The molecule has 4 aromatic rings. The standard InChI is InChI=1S/C37H46FN3O3/c1-5-7-11-27(16-19-31-23-36(44-4)28(6-2)25-39-31)12-8-9-14-33(42)24-37-40-35(29-13-10-15-34(22-29)43-3)26-41(37)32-20-17-30(38)18-21-32/h10,13,15,17-18,20-23,25-27H,5-9,11-12,14,16,19,24H2,1-4H3. The van der Waals surface area contributed by atoms with Crippen LogP contribution in [0.1, 0.15) is 82.3 Å². The van der Waals surface area contributed by atoms with Gasteiger partial charge in [-0.1, -0.05) is 58.1 Å². The van der Waals surface area contributed by atoms with Gasteiger partial charge in [0.1, 0.15) is 28.9 Å². The molecule has 6 nitrogen and oxygen atoms in total. The van der Waals surface area contributed by atoms with E-state index >= 15 is 0 Å². The van der Waals surface area contributed by atoms with Gasteiger partial charge in [-0.25, -0.2) is 9.37 Å². The van der Waals surface area contributed by atoms with Crippen molar-refractivity contribution < 1.29 is 18.7 Å². The fourth-order valence-electron chi connectivity index (χ4n) is 5.69. The first-order valence-corrected chi connectivity index (χ1v) is 16.0. The Hall–Kier alpha value is -4.00. The van der Waals surface area contributed by atoms with E-state index in [1.54, 1.807) is 26.4 Å². The van der Waals surface area contributed by atoms with E-state index in [1.165, 1.54) is 31.4 Å². The molecule has 0 aliphatic heterocycles. The molecule has 1 atom stereocenters. The number of hydrogen-bond acceptors (Lipinski definition) is 5. The van der Waals surface area contributed by atoms with Crippen LogP contribution < -0.4 is 9.47 Å². The molecule has 4 rings (SSSR count). The van der Waals surface area contributed by atoms with Crippen LogP contribution >= 0.6 is 0 Å². The largest absolute Gasteiger partial charge is 0.497 e. The highest BCUT2D eigenvalue weighted by atomic mass is 19.1. The van der Waals surface area contributed by atoms with Gasteiger partial charge in [0.15, 0.2) is 0 Å². The molecule has 0 spiro atoms. The van der Waals surface area contributed by atoms with E-state index in [0.29, 0.717) is 18.2 Å². The molecule has 7 heteroatoms. The number of rotatable bonds is 18. The number of pyridine rings is 1. The fraction of sp³-hybridized carbons (Fsp3) is 0.432. The monoisotopic (exact) mass is 599 g/mol. The highest BCUT2D eigenvalue weighted by Crippen LogP contribution is 2.27. The van der Waals surface area contributed by atoms with Gasteiger partial charge in [0.2, 0.25) is 0 Å². The molecule has 0 radical (unpaired) electrons. The van der Waals surface area contributed by atoms with Gasteiger partial charge >= 0.3 is 0 Å². The Balaban J connectivity index is 1.36. The summed E-state index contributed by atoms with van der Waals surface area (Å²) < 4.78 is 26.5. The van der Waals surface area contributed by atoms with Crippen LogP contribution in [-0.4, -0.2) is 34.5 Å². The van der Waals surface area contributed by atoms with Crippen molar-refractivity contribution in [1.82, 2.24) is 14.5 Å². The Morgan fingerprint density at radius 3 is 2.48 bits per heavy atom. The maximum atomic E-state index is 13.7. The predicted octanol–water partition coefficient (Wildman–Crippen LogP) is 8.76. The number of methoxy groups -OCH3 is 2. The highest BCUT2D eigenvalue weighted by molar-refractivity contribution is 5.80. The van der Waals surface area contributed by atoms with Crippen molar-refractivity contribution in [3.8, 4) is 28.4 Å². The number of halogens is 1. The van der Waals surface area contributed by atoms with Crippen LogP contribution in [0, 0.1) is 11.7 Å². The first-order valence-electron chi connectivity index (χ1n) is 16.0. The zero-order valence-electron chi connectivity index (χ0n) is 26.7. The first kappa shape index (κ1) is 32.9. The molecule has 2 aromatic carbocycles. The third kappa shape index (κ3) is 9.25. The van der Waals surface area contributed by atoms with Crippen molar-refractivity contribution in [3.05, 3.63) is 89.9 Å². The third-order valence-electron chi connectivity index (χ3n) is 8.30. The second-order valence-electron chi connectivity index (χ2n) is 11.5. The maximum Gasteiger partial charge on any atom is 0.140 e. The maximum absolute atomic E-state index is 13.7. The Morgan fingerprint density at radius 1 is 0.955 bits per heavy atom. The molecule has 0 aliphatic carbocycles. The summed E-state index contributed by atoms with van der Waals surface area (Å²) in [5, 5.41) is 0. The zero-order chi connectivity index (χ0) is 31.3. The third-order valence-corrected chi connectivity index (χ3v) is 8.30. The van der Waals surface area contributed by atoms with E-state index in [-0.39, 0.29) is 18.0 Å². The van der Waals surface area contributed by atoms with Crippen molar-refractivity contribution >= 4 is 5.78 Å². The van der Waals surface area contributed by atoms with Crippen LogP contribution in [0.5, 0.6) is 11.5 Å². The quantitative estimate of drug-likeness (QED) is 0.107. The minimum absolute atomic E-state index is 0.161. The molecule has 2 heterocycles. The number of carbonyl (C=O) groups excluding carboxylic acids is 1. The van der Waals surface area contributed by atoms with E-state index in [9.17, 15) is 9.18 Å². The molecule has 0 saturated heterocycles. The van der Waals surface area contributed by atoms with E-state index in [1.807, 2.05) is 41.2 Å². The number of hydrogen-bond donors (Lipinski definition) is 0. The summed E-state index contributed by atoms with van der Waals surface area (Å²) >= 11 is 0. The molecule has 0 amide bonds. The van der Waals surface area contributed by atoms with Crippen molar-refractivity contribution in [2.24, 2.45) is 5.92 Å². The Labute approximate surface area is 261 Å². The van der Waals surface area contributed by atoms with E-state index in [0.717, 1.165) is 78.2 Å². The second kappa shape index (κ2) is 16.7. The van der Waals surface area contributed by atoms with E-state index in [2.05, 4.69) is 24.9 Å². The van der Waals surface area contributed by atoms with Gasteiger partial charge < -0.3 is 14.0 Å². The predicted molar refractivity (Wildman–Crippen MR) is 174 cm³/mol. The number of Topliss-reactive ketones (excluding diaryl/α,β-unsaturated/α-hetero) is 1. The lowest BCUT2D eigenvalue weighted by Crippen LogP contribution is -2.09. The van der Waals surface area contributed by atoms with Crippen molar-refractivity contribution in [2.45, 2.75) is 84.5 Å². The van der Waals surface area contributed by atoms with Crippen LogP contribution in [-0.2, 0) is 24.1 Å². The molecule has 0 bridgehead atoms. The highest BCUT2D eigenvalue weighted by Gasteiger charge is 2.16. The van der Waals surface area contributed by atoms with E-state index < -0.39 is 0 Å². The number of unbranched alkanes of at least 4 members (excludes halogenated alkanes) is 2. The molecular formula is C37H46FN3O3. The summed E-state index contributed by atoms with van der Waals surface area (Å²) in [6.07, 6.45) is 14.1. The topological polar surface area (TPSA) is 66.2 Å². The molecule has 0 aliphatic rings. The molecule has 1 unspecified atom stereocenters. The van der Waals surface area contributed by atoms with Gasteiger partial charge in [0.05, 0.1) is 26.3 Å². The molecular weight excluding hydrogens is 553 g/mol. The summed E-state index contributed by atoms with van der Waals surface area (Å²) in [4.78, 5) is 22.7. The number of carbonyl (C=O) groups is 1. The molecule has 234 valence electrons. The molecule has 2 aromatic heterocycles. The van der Waals surface area contributed by atoms with Gasteiger partial charge in [0, 0.05) is 47.4 Å². The Bertz CT molecular complexity index is 1480. The summed E-state index contributed by atoms with van der Waals surface area (Å²) in [5.74, 6) is 2.79. The van der Waals surface area contributed by atoms with Crippen LogP contribution in [0.2, 0.25) is 0 Å². The smallest absolute Gasteiger partial charge is 0.140 e. The number of imidazole rings is 1. The van der Waals surface area contributed by atoms with Crippen molar-refractivity contribution in [1.29, 1.82) is 0 Å². The normalized spacial score (nSPS) is 11.8. The average molecular weight is 600 g/mol. The Kier molecular flexibility index (Phi) is 12.5. The molecule has 0 fully saturated rings. The van der Waals surface area contributed by atoms with Gasteiger partial charge in [0.25, 0.3) is 0 Å². The van der Waals surface area contributed by atoms with Gasteiger partial charge in [-0.2, -0.15) is 0 Å². The SMILES string of the molecule is CCCCC(CCCCC(=O)Cc1nc(-c2cccc(OC)c2)cn1-c1ccc(F)cc1)CCc1cc(OC)c(CC)cn1. The van der Waals surface area contributed by atoms with E-state index in [4.69, 9.17) is 14.5 Å². The van der Waals surface area contributed by atoms with Crippen molar-refractivity contribution in [2.75, 3.05) is 14.2 Å². The molecule has 0 N–H and O–H groups in total. The zero-order valence-corrected chi connectivity index (χ0v) is 26.7. The number of aromatic nitrogens is 3. The average Bonchev–Trinajstić information content (AvgIpc) is 3.47. The van der Waals surface area contributed by atoms with Gasteiger partial charge in [-0.05, 0) is 68.0 Å². The second-order valence-corrected chi connectivity index (χ2v) is 11.5. The number of benzene rings is 2. The first-order chi connectivity index (χ1) is 21.4. The van der Waals surface area contributed by atoms with Gasteiger partial charge in [-0.3, -0.25) is 9.78 Å². The summed E-state index contributed by atoms with van der Waals surface area (Å²) in [6, 6.07) is 16.0. The summed E-state index contributed by atoms with van der Waals surface area (Å²) in [6.45, 7) is 4.35. The minimum Gasteiger partial charge on any atom is -0.497 e. The fourth-order valence-corrected chi connectivity index (χ4v) is 5.69. The van der Waals surface area contributed by atoms with Crippen LogP contribution in [0.4, 0.5) is 4.39 Å².